The summed E-state index contributed by atoms with van der Waals surface area (Å²) >= 11 is 12.0. The highest BCUT2D eigenvalue weighted by Crippen LogP contribution is 2.22. The van der Waals surface area contributed by atoms with Gasteiger partial charge in [-0.3, -0.25) is 14.4 Å². The summed E-state index contributed by atoms with van der Waals surface area (Å²) in [5.41, 5.74) is 0.842. The predicted octanol–water partition coefficient (Wildman–Crippen LogP) is 3.61. The molecule has 2 aromatic rings. The lowest BCUT2D eigenvalue weighted by atomic mass is 10.2. The molecule has 160 valence electrons. The van der Waals surface area contributed by atoms with Crippen molar-refractivity contribution in [2.45, 2.75) is 13.3 Å². The minimum atomic E-state index is -0.452. The summed E-state index contributed by atoms with van der Waals surface area (Å²) in [6, 6.07) is 11.4. The van der Waals surface area contributed by atoms with Crippen LogP contribution in [0.15, 0.2) is 42.5 Å². The molecule has 2 aromatic carbocycles. The molecule has 2 N–H and O–H groups in total. The van der Waals surface area contributed by atoms with Gasteiger partial charge in [-0.2, -0.15) is 0 Å². The molecule has 0 aliphatic carbocycles. The summed E-state index contributed by atoms with van der Waals surface area (Å²) in [5, 5.41) is 5.82. The summed E-state index contributed by atoms with van der Waals surface area (Å²) in [4.78, 5) is 38.5. The highest BCUT2D eigenvalue weighted by atomic mass is 35.5. The van der Waals surface area contributed by atoms with E-state index in [0.717, 1.165) is 0 Å². The van der Waals surface area contributed by atoms with E-state index in [4.69, 9.17) is 27.9 Å². The van der Waals surface area contributed by atoms with E-state index in [2.05, 4.69) is 10.6 Å². The Labute approximate surface area is 185 Å². The van der Waals surface area contributed by atoms with Crippen molar-refractivity contribution in [3.8, 4) is 5.75 Å². The maximum Gasteiger partial charge on any atom is 0.255 e. The Hall–Kier alpha value is -2.77. The molecule has 0 saturated heterocycles. The highest BCUT2D eigenvalue weighted by molar-refractivity contribution is 6.36. The van der Waals surface area contributed by atoms with Gasteiger partial charge in [0.1, 0.15) is 5.75 Å². The molecule has 7 nitrogen and oxygen atoms in total. The normalized spacial score (nSPS) is 10.3. The number of rotatable bonds is 9. The Balaban J connectivity index is 1.91. The van der Waals surface area contributed by atoms with E-state index in [0.29, 0.717) is 29.4 Å². The average molecular weight is 452 g/mol. The zero-order valence-corrected chi connectivity index (χ0v) is 18.2. The van der Waals surface area contributed by atoms with Crippen LogP contribution in [0.3, 0.4) is 0 Å². The third-order valence-corrected chi connectivity index (χ3v) is 4.64. The first-order valence-corrected chi connectivity index (χ1v) is 10.0. The summed E-state index contributed by atoms with van der Waals surface area (Å²) < 4.78 is 5.06. The number of ether oxygens (including phenoxy) is 1. The van der Waals surface area contributed by atoms with Crippen LogP contribution in [0.25, 0.3) is 0 Å². The van der Waals surface area contributed by atoms with E-state index in [-0.39, 0.29) is 35.5 Å². The maximum atomic E-state index is 12.8. The standard InChI is InChI=1S/C21H23Cl2N3O4/c1-3-10-26(21(29)17-9-4-14(22)11-18(17)23)13-20(28)24-12-19(27)25-15-5-7-16(30-2)8-6-15/h4-9,11H,3,10,12-13H2,1-2H3,(H,24,28)(H,25,27). The van der Waals surface area contributed by atoms with E-state index in [1.165, 1.54) is 17.0 Å². The van der Waals surface area contributed by atoms with Gasteiger partial charge in [0.15, 0.2) is 0 Å². The number of hydrogen-bond acceptors (Lipinski definition) is 4. The molecule has 0 fully saturated rings. The third kappa shape index (κ3) is 6.93. The van der Waals surface area contributed by atoms with Crippen LogP contribution in [0.2, 0.25) is 10.0 Å². The molecule has 2 rings (SSSR count). The van der Waals surface area contributed by atoms with Gasteiger partial charge < -0.3 is 20.3 Å². The number of halogens is 2. The van der Waals surface area contributed by atoms with Gasteiger partial charge in [0.05, 0.1) is 30.8 Å². The van der Waals surface area contributed by atoms with Crippen molar-refractivity contribution in [3.63, 3.8) is 0 Å². The number of hydrogen-bond donors (Lipinski definition) is 2. The van der Waals surface area contributed by atoms with Crippen molar-refractivity contribution in [2.24, 2.45) is 0 Å². The molecule has 9 heteroatoms. The molecule has 0 radical (unpaired) electrons. The Kier molecular flexibility index (Phi) is 8.95. The SMILES string of the molecule is CCCN(CC(=O)NCC(=O)Nc1ccc(OC)cc1)C(=O)c1ccc(Cl)cc1Cl. The number of carbonyl (C=O) groups is 3. The lowest BCUT2D eigenvalue weighted by Gasteiger charge is -2.22. The van der Waals surface area contributed by atoms with Crippen LogP contribution in [0, 0.1) is 0 Å². The summed E-state index contributed by atoms with van der Waals surface area (Å²) in [6.07, 6.45) is 0.655. The van der Waals surface area contributed by atoms with Crippen LogP contribution in [0.1, 0.15) is 23.7 Å². The largest absolute Gasteiger partial charge is 0.497 e. The van der Waals surface area contributed by atoms with Gasteiger partial charge in [-0.25, -0.2) is 0 Å². The van der Waals surface area contributed by atoms with Crippen LogP contribution in [0.5, 0.6) is 5.75 Å². The second-order valence-electron chi connectivity index (χ2n) is 6.40. The van der Waals surface area contributed by atoms with E-state index < -0.39 is 5.91 Å². The molecule has 0 spiro atoms. The molecule has 0 unspecified atom stereocenters. The Bertz CT molecular complexity index is 904. The molecular weight excluding hydrogens is 429 g/mol. The van der Waals surface area contributed by atoms with E-state index in [9.17, 15) is 14.4 Å². The smallest absolute Gasteiger partial charge is 0.255 e. The molecule has 0 saturated carbocycles. The van der Waals surface area contributed by atoms with Crippen molar-refractivity contribution in [2.75, 3.05) is 32.1 Å². The molecule has 0 atom stereocenters. The van der Waals surface area contributed by atoms with Crippen molar-refractivity contribution in [1.29, 1.82) is 0 Å². The van der Waals surface area contributed by atoms with Gasteiger partial charge in [0, 0.05) is 17.3 Å². The van der Waals surface area contributed by atoms with Crippen molar-refractivity contribution in [1.82, 2.24) is 10.2 Å². The summed E-state index contributed by atoms with van der Waals surface area (Å²) in [6.45, 7) is 1.84. The first-order valence-electron chi connectivity index (χ1n) is 9.29. The fourth-order valence-electron chi connectivity index (χ4n) is 2.64. The van der Waals surface area contributed by atoms with Gasteiger partial charge in [-0.15, -0.1) is 0 Å². The van der Waals surface area contributed by atoms with E-state index >= 15 is 0 Å². The minimum absolute atomic E-state index is 0.193. The average Bonchev–Trinajstić information content (AvgIpc) is 2.72. The Morgan fingerprint density at radius 2 is 1.73 bits per heavy atom. The number of amides is 3. The second-order valence-corrected chi connectivity index (χ2v) is 7.25. The van der Waals surface area contributed by atoms with Crippen LogP contribution in [0.4, 0.5) is 5.69 Å². The van der Waals surface area contributed by atoms with Crippen LogP contribution >= 0.6 is 23.2 Å². The van der Waals surface area contributed by atoms with Crippen molar-refractivity contribution in [3.05, 3.63) is 58.1 Å². The van der Waals surface area contributed by atoms with Gasteiger partial charge in [0.2, 0.25) is 11.8 Å². The van der Waals surface area contributed by atoms with Gasteiger partial charge in [-0.1, -0.05) is 30.1 Å². The minimum Gasteiger partial charge on any atom is -0.497 e. The Morgan fingerprint density at radius 3 is 2.33 bits per heavy atom. The predicted molar refractivity (Wildman–Crippen MR) is 117 cm³/mol. The number of benzene rings is 2. The summed E-state index contributed by atoms with van der Waals surface area (Å²) in [7, 11) is 1.55. The molecule has 0 heterocycles. The monoisotopic (exact) mass is 451 g/mol. The first-order chi connectivity index (χ1) is 14.3. The number of carbonyl (C=O) groups excluding carboxylic acids is 3. The van der Waals surface area contributed by atoms with Gasteiger partial charge in [0.25, 0.3) is 5.91 Å². The molecule has 0 aromatic heterocycles. The van der Waals surface area contributed by atoms with Crippen LogP contribution in [-0.4, -0.2) is 49.4 Å². The number of nitrogens with zero attached hydrogens (tertiary/aromatic N) is 1. The zero-order valence-electron chi connectivity index (χ0n) is 16.7. The molecule has 3 amide bonds. The molecule has 0 aliphatic heterocycles. The van der Waals surface area contributed by atoms with Gasteiger partial charge in [-0.05, 0) is 48.9 Å². The third-order valence-electron chi connectivity index (χ3n) is 4.10. The van der Waals surface area contributed by atoms with Crippen LogP contribution in [-0.2, 0) is 9.59 Å². The fraction of sp³-hybridized carbons (Fsp3) is 0.286. The lowest BCUT2D eigenvalue weighted by Crippen LogP contribution is -2.43. The number of anilines is 1. The molecule has 0 aliphatic rings. The molecular formula is C21H23Cl2N3O4. The van der Waals surface area contributed by atoms with E-state index in [1.807, 2.05) is 6.92 Å². The fourth-order valence-corrected chi connectivity index (χ4v) is 3.13. The maximum absolute atomic E-state index is 12.8. The van der Waals surface area contributed by atoms with Crippen molar-refractivity contribution >= 4 is 46.6 Å². The number of nitrogens with one attached hydrogen (secondary N) is 2. The van der Waals surface area contributed by atoms with Gasteiger partial charge >= 0.3 is 0 Å². The molecule has 30 heavy (non-hydrogen) atoms. The molecule has 0 bridgehead atoms. The van der Waals surface area contributed by atoms with Crippen molar-refractivity contribution < 1.29 is 19.1 Å². The Morgan fingerprint density at radius 1 is 1.03 bits per heavy atom. The quantitative estimate of drug-likeness (QED) is 0.609. The van der Waals surface area contributed by atoms with Crippen LogP contribution < -0.4 is 15.4 Å². The zero-order chi connectivity index (χ0) is 22.1. The number of methoxy groups -OCH3 is 1. The second kappa shape index (κ2) is 11.4. The lowest BCUT2D eigenvalue weighted by molar-refractivity contribution is -0.124. The first kappa shape index (κ1) is 23.5. The van der Waals surface area contributed by atoms with E-state index in [1.54, 1.807) is 37.4 Å². The summed E-state index contributed by atoms with van der Waals surface area (Å²) in [5.74, 6) is -0.548. The highest BCUT2D eigenvalue weighted by Gasteiger charge is 2.21. The topological polar surface area (TPSA) is 87.7 Å².